The Morgan fingerprint density at radius 2 is 0.463 bits per heavy atom. The van der Waals surface area contributed by atoms with Crippen molar-refractivity contribution < 1.29 is 4.74 Å². The van der Waals surface area contributed by atoms with Gasteiger partial charge in [0.2, 0.25) is 0 Å². The first-order valence-corrected chi connectivity index (χ1v) is 30.6. The van der Waals surface area contributed by atoms with E-state index in [1.807, 2.05) is 0 Å². The van der Waals surface area contributed by atoms with Crippen LogP contribution in [0.2, 0.25) is 0 Å². The number of allylic oxidation sites excluding steroid dienone is 12. The Morgan fingerprint density at radius 3 is 0.731 bits per heavy atom. The fourth-order valence-electron chi connectivity index (χ4n) is 12.6. The summed E-state index contributed by atoms with van der Waals surface area (Å²) in [5, 5.41) is 0. The Hall–Kier alpha value is -2.12. The molecule has 0 aromatic rings. The van der Waals surface area contributed by atoms with Crippen molar-refractivity contribution in [1.82, 2.24) is 0 Å². The van der Waals surface area contributed by atoms with Crippen molar-refractivity contribution in [2.24, 2.45) is 0 Å². The molecule has 0 bridgehead atoms. The molecule has 0 saturated carbocycles. The molecule has 67 heavy (non-hydrogen) atoms. The van der Waals surface area contributed by atoms with Crippen molar-refractivity contribution in [1.29, 1.82) is 0 Å². The second-order valence-electron chi connectivity index (χ2n) is 22.6. The molecule has 6 rings (SSSR count). The van der Waals surface area contributed by atoms with Crippen molar-refractivity contribution in [2.75, 3.05) is 0 Å². The molecule has 0 amide bonds. The van der Waals surface area contributed by atoms with Crippen LogP contribution in [-0.4, -0.2) is 12.2 Å². The van der Waals surface area contributed by atoms with Crippen LogP contribution in [0.3, 0.4) is 0 Å². The van der Waals surface area contributed by atoms with Crippen molar-refractivity contribution in [3.05, 3.63) is 93.2 Å². The van der Waals surface area contributed by atoms with Crippen LogP contribution in [0.5, 0.6) is 0 Å². The van der Waals surface area contributed by atoms with E-state index in [1.54, 1.807) is 44.6 Å². The summed E-state index contributed by atoms with van der Waals surface area (Å²) >= 11 is 0. The predicted octanol–water partition coefficient (Wildman–Crippen LogP) is 22.0. The maximum Gasteiger partial charge on any atom is 0.0988 e. The van der Waals surface area contributed by atoms with Gasteiger partial charge in [-0.2, -0.15) is 0 Å². The molecule has 6 aliphatic rings. The van der Waals surface area contributed by atoms with Crippen LogP contribution in [0.25, 0.3) is 0 Å². The van der Waals surface area contributed by atoms with Crippen LogP contribution in [-0.2, 0) is 4.74 Å². The number of hydrogen-bond acceptors (Lipinski definition) is 1. The van der Waals surface area contributed by atoms with Gasteiger partial charge in [0.25, 0.3) is 0 Å². The quantitative estimate of drug-likeness (QED) is 0.198. The SMILES string of the molecule is C1=C(C(=CC(OC(C=C(C2=CCCCCCCCC2)C2=CCCCCCCCC2)C2=CCCCCCCCC2)C2=CCCCCCCCC2)C2=CCCCCCCCC2)CCCCCCCC1. The van der Waals surface area contributed by atoms with Gasteiger partial charge < -0.3 is 4.74 Å². The molecule has 0 aromatic heterocycles. The molecule has 0 fully saturated rings. The molecular weight excluding hydrogens is 809 g/mol. The maximum atomic E-state index is 8.30. The van der Waals surface area contributed by atoms with E-state index in [0.29, 0.717) is 0 Å². The lowest BCUT2D eigenvalue weighted by molar-refractivity contribution is 0.0768. The molecule has 0 radical (unpaired) electrons. The van der Waals surface area contributed by atoms with Gasteiger partial charge in [-0.1, -0.05) is 191 Å². The second-order valence-corrected chi connectivity index (χ2v) is 22.6. The zero-order valence-electron chi connectivity index (χ0n) is 44.1. The molecule has 0 N–H and O–H groups in total. The molecule has 0 aliphatic heterocycles. The minimum Gasteiger partial charge on any atom is -0.358 e. The van der Waals surface area contributed by atoms with Gasteiger partial charge in [0.05, 0.1) is 12.2 Å². The topological polar surface area (TPSA) is 9.23 Å². The van der Waals surface area contributed by atoms with Crippen LogP contribution in [0.4, 0.5) is 0 Å². The highest BCUT2D eigenvalue weighted by atomic mass is 16.5. The van der Waals surface area contributed by atoms with Gasteiger partial charge in [-0.05, 0) is 211 Å². The zero-order chi connectivity index (χ0) is 46.1. The van der Waals surface area contributed by atoms with Gasteiger partial charge in [-0.15, -0.1) is 0 Å². The van der Waals surface area contributed by atoms with Gasteiger partial charge in [-0.3, -0.25) is 0 Å². The predicted molar refractivity (Wildman–Crippen MR) is 295 cm³/mol. The number of hydrogen-bond donors (Lipinski definition) is 0. The van der Waals surface area contributed by atoms with Crippen molar-refractivity contribution >= 4 is 0 Å². The van der Waals surface area contributed by atoms with E-state index in [9.17, 15) is 0 Å². The maximum absolute atomic E-state index is 8.30. The Bertz CT molecular complexity index is 1410. The standard InChI is InChI=1S/C66H106O/c1-7-19-31-43-57(44-32-20-8-1)63(58-45-33-21-9-2-10-22-34-46-58)55-65(61-51-39-27-15-5-16-28-40-52-61)67-66(62-53-41-29-17-6-18-30-42-54-62)56-64(59-47-35-23-11-3-12-24-36-48-59)60-49-37-25-13-4-14-26-38-50-60/h43,45,47,49,51,53,55-56,65-66H,1-42,44,46,48,50,52,54H2. The largest absolute Gasteiger partial charge is 0.358 e. The van der Waals surface area contributed by atoms with Crippen LogP contribution < -0.4 is 0 Å². The van der Waals surface area contributed by atoms with Gasteiger partial charge in [-0.25, -0.2) is 0 Å². The monoisotopic (exact) mass is 915 g/mol. The van der Waals surface area contributed by atoms with Crippen LogP contribution in [0, 0.1) is 0 Å². The summed E-state index contributed by atoms with van der Waals surface area (Å²) in [5.74, 6) is 0. The molecule has 0 saturated heterocycles. The van der Waals surface area contributed by atoms with Crippen molar-refractivity contribution in [3.8, 4) is 0 Å². The molecule has 0 heterocycles. The van der Waals surface area contributed by atoms with Crippen LogP contribution in [0.1, 0.15) is 308 Å². The third-order valence-electron chi connectivity index (χ3n) is 16.9. The molecule has 6 aliphatic carbocycles. The Kier molecular flexibility index (Phi) is 28.4. The molecule has 1 heteroatoms. The van der Waals surface area contributed by atoms with Crippen LogP contribution >= 0.6 is 0 Å². The zero-order valence-corrected chi connectivity index (χ0v) is 44.1. The second kappa shape index (κ2) is 35.1. The molecule has 2 atom stereocenters. The van der Waals surface area contributed by atoms with E-state index < -0.39 is 0 Å². The molecule has 0 aromatic carbocycles. The first-order valence-electron chi connectivity index (χ1n) is 30.6. The molecule has 376 valence electrons. The molecule has 1 nitrogen and oxygen atoms in total. The number of ether oxygens (including phenoxy) is 1. The minimum atomic E-state index is -0.00287. The highest BCUT2D eigenvalue weighted by Crippen LogP contribution is 2.38. The average molecular weight is 916 g/mol. The summed E-state index contributed by atoms with van der Waals surface area (Å²) in [6.07, 6.45) is 86.1. The summed E-state index contributed by atoms with van der Waals surface area (Å²) < 4.78 is 8.30. The fraction of sp³-hybridized carbons (Fsp3) is 0.758. The van der Waals surface area contributed by atoms with Crippen molar-refractivity contribution in [3.63, 3.8) is 0 Å². The van der Waals surface area contributed by atoms with E-state index in [-0.39, 0.29) is 12.2 Å². The van der Waals surface area contributed by atoms with Crippen LogP contribution in [0.15, 0.2) is 93.2 Å². The van der Waals surface area contributed by atoms with E-state index >= 15 is 0 Å². The third-order valence-corrected chi connectivity index (χ3v) is 16.9. The van der Waals surface area contributed by atoms with E-state index in [1.165, 1.54) is 308 Å². The molecule has 2 unspecified atom stereocenters. The Balaban J connectivity index is 1.55. The third kappa shape index (κ3) is 21.8. The number of rotatable bonds is 10. The van der Waals surface area contributed by atoms with Gasteiger partial charge in [0, 0.05) is 0 Å². The van der Waals surface area contributed by atoms with Gasteiger partial charge in [0.15, 0.2) is 0 Å². The van der Waals surface area contributed by atoms with E-state index in [0.717, 1.165) is 0 Å². The Labute approximate surface area is 416 Å². The first kappa shape index (κ1) is 54.2. The van der Waals surface area contributed by atoms with E-state index in [2.05, 4.69) is 48.6 Å². The smallest absolute Gasteiger partial charge is 0.0988 e. The minimum absolute atomic E-state index is 0.00287. The first-order chi connectivity index (χ1) is 33.3. The lowest BCUT2D eigenvalue weighted by atomic mass is 9.84. The van der Waals surface area contributed by atoms with Gasteiger partial charge in [0.1, 0.15) is 0 Å². The molecular formula is C66H106O. The highest BCUT2D eigenvalue weighted by molar-refractivity contribution is 5.50. The summed E-state index contributed by atoms with van der Waals surface area (Å²) in [6, 6.07) is 0. The average Bonchev–Trinajstić information content (AvgIpc) is 3.36. The summed E-state index contributed by atoms with van der Waals surface area (Å²) in [6.45, 7) is 0. The Morgan fingerprint density at radius 1 is 0.254 bits per heavy atom. The highest BCUT2D eigenvalue weighted by Gasteiger charge is 2.26. The molecule has 0 spiro atoms. The summed E-state index contributed by atoms with van der Waals surface area (Å²) in [7, 11) is 0. The lowest BCUT2D eigenvalue weighted by Gasteiger charge is -2.30. The summed E-state index contributed by atoms with van der Waals surface area (Å²) in [5.41, 5.74) is 13.1. The van der Waals surface area contributed by atoms with Gasteiger partial charge >= 0.3 is 0 Å². The summed E-state index contributed by atoms with van der Waals surface area (Å²) in [4.78, 5) is 0. The van der Waals surface area contributed by atoms with Crippen molar-refractivity contribution in [2.45, 2.75) is 320 Å². The fourth-order valence-corrected chi connectivity index (χ4v) is 12.6. The van der Waals surface area contributed by atoms with E-state index in [4.69, 9.17) is 4.74 Å². The normalized spacial score (nSPS) is 24.4. The lowest BCUT2D eigenvalue weighted by Crippen LogP contribution is -2.25.